The van der Waals surface area contributed by atoms with Crippen LogP contribution in [-0.4, -0.2) is 203 Å². The number of para-hydroxylation sites is 5. The van der Waals surface area contributed by atoms with Gasteiger partial charge in [-0.05, 0) is 79.0 Å². The maximum atomic E-state index is 14.1. The molecule has 32 nitrogen and oxygen atoms in total. The third kappa shape index (κ3) is 19.3. The lowest BCUT2D eigenvalue weighted by Crippen LogP contribution is -2.68. The summed E-state index contributed by atoms with van der Waals surface area (Å²) >= 11 is 0. The Balaban J connectivity index is 1.01. The SMILES string of the molecule is [N-]=[N+]=NC[C@@H]1C=C[C@@H](NC(=O)Oc2ccccc2)C(O[C@H]2[C@H](O[C@@H]3O[C@H](CO)[C@@H](O[C@H]4O[C@@H](CNC(=O)Oc5ccccc5)[C@@H](O)[C@H](O)[C@H]4NC(=O)Oc4ccccc4)[C@H]3O)[C@@H](O)[C@H](NC(=O)[C@@H](O)CCNC(=O)Oc3ccccc3)C[C@@H]2NC(=O)Oc2ccccc2)O1. The van der Waals surface area contributed by atoms with Gasteiger partial charge in [0.2, 0.25) is 5.91 Å². The van der Waals surface area contributed by atoms with Crippen LogP contribution in [0.5, 0.6) is 28.7 Å². The summed E-state index contributed by atoms with van der Waals surface area (Å²) in [5.74, 6) is -0.463. The van der Waals surface area contributed by atoms with Crippen molar-refractivity contribution in [3.63, 3.8) is 0 Å². The summed E-state index contributed by atoms with van der Waals surface area (Å²) in [6.45, 7) is -2.13. The van der Waals surface area contributed by atoms with Crippen LogP contribution in [0.15, 0.2) is 169 Å². The fourth-order valence-corrected chi connectivity index (χ4v) is 10.3. The van der Waals surface area contributed by atoms with Crippen LogP contribution >= 0.6 is 0 Å². The number of hydrogen-bond donors (Lipinski definition) is 12. The summed E-state index contributed by atoms with van der Waals surface area (Å²) in [5, 5.41) is 89.0. The van der Waals surface area contributed by atoms with Crippen molar-refractivity contribution in [3.8, 4) is 28.7 Å². The van der Waals surface area contributed by atoms with Crippen molar-refractivity contribution in [2.45, 2.75) is 123 Å². The standard InChI is InChI=1S/C62H69N9O23/c63-71-66-31-39-26-27-40(68-60(81)87-36-20-10-3-11-21-36)55(84-39)92-51-42(69-61(82)88-37-22-12-4-13-23-37)30-41(67-54(78)43(73)28-29-64-58(79)85-34-16-6-1-7-17-34)47(74)53(51)94-57-50(77)52(45(33-72)91-57)93-56-46(70-62(83)89-38-24-14-5-15-25-38)49(76)48(75)44(90-56)32-65-59(80)86-35-18-8-2-9-19-35/h1-27,39-53,55-57,72-77H,28-33H2,(H,64,79)(H,65,80)(H,67,78)(H,68,81)(H,69,82)(H,70,83)/t39-,40+,41+,42-,43-,44-,45+,46+,47-,48+,49+,50+,51+,52+,53+,55?,56+,57-/m0/s1. The van der Waals surface area contributed by atoms with E-state index in [-0.39, 0.29) is 41.8 Å². The molecule has 1 unspecified atom stereocenters. The Morgan fingerprint density at radius 3 is 1.52 bits per heavy atom. The monoisotopic (exact) mass is 1310 g/mol. The number of ether oxygens (including phenoxy) is 11. The van der Waals surface area contributed by atoms with Gasteiger partial charge in [0.15, 0.2) is 18.9 Å². The third-order valence-corrected chi connectivity index (χ3v) is 14.9. The fourth-order valence-electron chi connectivity index (χ4n) is 10.3. The Kier molecular flexibility index (Phi) is 24.8. The molecule has 3 aliphatic heterocycles. The molecule has 5 aromatic rings. The lowest BCUT2D eigenvalue weighted by atomic mass is 9.83. The number of amides is 6. The number of nitrogens with one attached hydrogen (secondary N) is 6. The molecule has 9 rings (SSSR count). The Bertz CT molecular complexity index is 3350. The third-order valence-electron chi connectivity index (χ3n) is 14.9. The number of benzene rings is 5. The minimum Gasteiger partial charge on any atom is -0.410 e. The van der Waals surface area contributed by atoms with Crippen LogP contribution < -0.4 is 55.6 Å². The van der Waals surface area contributed by atoms with E-state index in [2.05, 4.69) is 41.9 Å². The summed E-state index contributed by atoms with van der Waals surface area (Å²) in [7, 11) is 0. The Morgan fingerprint density at radius 2 is 0.989 bits per heavy atom. The molecule has 94 heavy (non-hydrogen) atoms. The fraction of sp³-hybridized carbons (Fsp3) is 0.387. The van der Waals surface area contributed by atoms with E-state index in [0.29, 0.717) is 0 Å². The smallest absolute Gasteiger partial charge is 0.410 e. The van der Waals surface area contributed by atoms with Crippen LogP contribution in [-0.2, 0) is 33.2 Å². The molecule has 6 amide bonds. The van der Waals surface area contributed by atoms with E-state index in [4.69, 9.17) is 52.1 Å². The van der Waals surface area contributed by atoms with Gasteiger partial charge in [-0.2, -0.15) is 0 Å². The van der Waals surface area contributed by atoms with Crippen LogP contribution in [0, 0.1) is 0 Å². The Hall–Kier alpha value is -9.51. The van der Waals surface area contributed by atoms with Crippen LogP contribution in [0.1, 0.15) is 12.8 Å². The van der Waals surface area contributed by atoms with Gasteiger partial charge in [-0.1, -0.05) is 108 Å². The number of hydrogen-bond acceptors (Lipinski definition) is 24. The number of azide groups is 1. The van der Waals surface area contributed by atoms with Gasteiger partial charge < -0.3 is 115 Å². The molecule has 500 valence electrons. The zero-order valence-corrected chi connectivity index (χ0v) is 49.7. The number of carbonyl (C=O) groups excluding carboxylic acids is 6. The van der Waals surface area contributed by atoms with Crippen LogP contribution in [0.25, 0.3) is 10.4 Å². The van der Waals surface area contributed by atoms with Gasteiger partial charge >= 0.3 is 30.5 Å². The van der Waals surface area contributed by atoms with E-state index in [1.54, 1.807) is 91.0 Å². The van der Waals surface area contributed by atoms with Crippen molar-refractivity contribution < 1.29 is 112 Å². The zero-order chi connectivity index (χ0) is 66.5. The molecule has 5 aromatic carbocycles. The van der Waals surface area contributed by atoms with Crippen LogP contribution in [0.2, 0.25) is 0 Å². The maximum absolute atomic E-state index is 14.1. The van der Waals surface area contributed by atoms with Gasteiger partial charge in [-0.25, -0.2) is 24.0 Å². The highest BCUT2D eigenvalue weighted by Gasteiger charge is 2.56. The lowest BCUT2D eigenvalue weighted by molar-refractivity contribution is -0.287. The molecule has 3 heterocycles. The first-order valence-corrected chi connectivity index (χ1v) is 29.6. The molecule has 3 fully saturated rings. The van der Waals surface area contributed by atoms with Crippen molar-refractivity contribution in [2.75, 3.05) is 26.2 Å². The molecule has 0 radical (unpaired) electrons. The largest absolute Gasteiger partial charge is 0.413 e. The van der Waals surface area contributed by atoms with Crippen molar-refractivity contribution in [3.05, 3.63) is 174 Å². The summed E-state index contributed by atoms with van der Waals surface area (Å²) in [6.07, 6.45) is -28.4. The van der Waals surface area contributed by atoms with E-state index in [9.17, 15) is 64.9 Å². The van der Waals surface area contributed by atoms with Crippen LogP contribution in [0.4, 0.5) is 24.0 Å². The summed E-state index contributed by atoms with van der Waals surface area (Å²) in [6, 6.07) is 33.3. The van der Waals surface area contributed by atoms with Gasteiger partial charge in [-0.15, -0.1) is 0 Å². The second kappa shape index (κ2) is 33.9. The molecule has 0 aromatic heterocycles. The van der Waals surface area contributed by atoms with Gasteiger partial charge in [0, 0.05) is 18.0 Å². The van der Waals surface area contributed by atoms with E-state index >= 15 is 0 Å². The summed E-state index contributed by atoms with van der Waals surface area (Å²) in [4.78, 5) is 83.3. The predicted molar refractivity (Wildman–Crippen MR) is 321 cm³/mol. The average molecular weight is 1310 g/mol. The highest BCUT2D eigenvalue weighted by atomic mass is 16.8. The van der Waals surface area contributed by atoms with Crippen molar-refractivity contribution in [2.24, 2.45) is 5.11 Å². The van der Waals surface area contributed by atoms with E-state index < -0.39 is 173 Å². The zero-order valence-electron chi connectivity index (χ0n) is 49.7. The summed E-state index contributed by atoms with van der Waals surface area (Å²) in [5.41, 5.74) is 9.26. The maximum Gasteiger partial charge on any atom is 0.413 e. The van der Waals surface area contributed by atoms with Gasteiger partial charge in [0.1, 0.15) is 102 Å². The molecular formula is C62H69N9O23. The van der Waals surface area contributed by atoms with E-state index in [0.717, 1.165) is 0 Å². The molecule has 32 heteroatoms. The van der Waals surface area contributed by atoms with Gasteiger partial charge in [-0.3, -0.25) is 4.79 Å². The molecule has 1 aliphatic carbocycles. The van der Waals surface area contributed by atoms with Crippen molar-refractivity contribution in [1.29, 1.82) is 0 Å². The van der Waals surface area contributed by atoms with Gasteiger partial charge in [0.25, 0.3) is 0 Å². The van der Waals surface area contributed by atoms with E-state index in [1.165, 1.54) is 72.8 Å². The number of nitrogens with zero attached hydrogens (tertiary/aromatic N) is 3. The first-order valence-electron chi connectivity index (χ1n) is 29.6. The van der Waals surface area contributed by atoms with E-state index in [1.807, 2.05) is 0 Å². The van der Waals surface area contributed by atoms with Crippen molar-refractivity contribution in [1.82, 2.24) is 31.9 Å². The molecule has 12 N–H and O–H groups in total. The number of carbonyl (C=O) groups is 6. The predicted octanol–water partition coefficient (Wildman–Crippen LogP) is 2.31. The second-order valence-corrected chi connectivity index (χ2v) is 21.4. The second-order valence-electron chi connectivity index (χ2n) is 21.4. The Morgan fingerprint density at radius 1 is 0.511 bits per heavy atom. The average Bonchev–Trinajstić information content (AvgIpc) is 1.35. The lowest BCUT2D eigenvalue weighted by Gasteiger charge is -2.47. The molecule has 2 saturated heterocycles. The number of rotatable bonds is 24. The molecule has 0 spiro atoms. The topological polar surface area (TPSA) is 446 Å². The molecule has 1 saturated carbocycles. The highest BCUT2D eigenvalue weighted by molar-refractivity contribution is 5.81. The Labute approximate surface area is 535 Å². The molecular weight excluding hydrogens is 1240 g/mol. The number of aliphatic hydroxyl groups excluding tert-OH is 6. The molecule has 4 aliphatic rings. The minimum absolute atomic E-state index is 0.0596. The highest BCUT2D eigenvalue weighted by Crippen LogP contribution is 2.36. The number of aliphatic hydroxyl groups is 6. The molecule has 0 bridgehead atoms. The van der Waals surface area contributed by atoms with Crippen LogP contribution in [0.3, 0.4) is 0 Å². The summed E-state index contributed by atoms with van der Waals surface area (Å²) < 4.78 is 65.0. The van der Waals surface area contributed by atoms with Gasteiger partial charge in [0.05, 0.1) is 31.3 Å². The normalized spacial score (nSPS) is 28.1. The first-order chi connectivity index (χ1) is 45.5. The molecule has 18 atom stereocenters. The minimum atomic E-state index is -2.09. The quantitative estimate of drug-likeness (QED) is 0.0182. The first kappa shape index (κ1) is 68.8. The van der Waals surface area contributed by atoms with Crippen molar-refractivity contribution >= 4 is 36.4 Å².